The molecule has 1 fully saturated rings. The Morgan fingerprint density at radius 1 is 0.939 bits per heavy atom. The molecule has 2 amide bonds. The molecule has 1 saturated heterocycles. The average molecular weight is 445 g/mol. The summed E-state index contributed by atoms with van der Waals surface area (Å²) < 4.78 is 11.1. The number of piperidine rings is 1. The van der Waals surface area contributed by atoms with Gasteiger partial charge in [0.2, 0.25) is 0 Å². The van der Waals surface area contributed by atoms with Gasteiger partial charge in [0.15, 0.2) is 0 Å². The summed E-state index contributed by atoms with van der Waals surface area (Å²) >= 11 is 0. The summed E-state index contributed by atoms with van der Waals surface area (Å²) in [4.78, 5) is 27.6. The zero-order chi connectivity index (χ0) is 23.0. The Kier molecular flexibility index (Phi) is 7.25. The first-order chi connectivity index (χ1) is 16.1. The number of benzene rings is 3. The third kappa shape index (κ3) is 5.71. The average Bonchev–Trinajstić information content (AvgIpc) is 2.88. The van der Waals surface area contributed by atoms with E-state index in [9.17, 15) is 9.59 Å². The number of nitrogens with zero attached hydrogens (tertiary/aromatic N) is 1. The Hall–Kier alpha value is -3.80. The van der Waals surface area contributed by atoms with E-state index < -0.39 is 0 Å². The largest absolute Gasteiger partial charge is 0.497 e. The van der Waals surface area contributed by atoms with Gasteiger partial charge < -0.3 is 19.7 Å². The predicted molar refractivity (Wildman–Crippen MR) is 127 cm³/mol. The molecule has 1 aliphatic rings. The number of nitrogens with one attached hydrogen (secondary N) is 1. The van der Waals surface area contributed by atoms with E-state index in [1.807, 2.05) is 65.6 Å². The van der Waals surface area contributed by atoms with Crippen LogP contribution in [0.15, 0.2) is 78.9 Å². The van der Waals surface area contributed by atoms with Gasteiger partial charge in [-0.3, -0.25) is 9.59 Å². The lowest BCUT2D eigenvalue weighted by molar-refractivity contribution is 0.0697. The van der Waals surface area contributed by atoms with Crippen molar-refractivity contribution in [3.8, 4) is 11.5 Å². The maximum atomic E-state index is 13.0. The van der Waals surface area contributed by atoms with Crippen molar-refractivity contribution in [2.75, 3.05) is 20.2 Å². The van der Waals surface area contributed by atoms with Crippen LogP contribution in [0, 0.1) is 0 Å². The van der Waals surface area contributed by atoms with Crippen molar-refractivity contribution in [3.63, 3.8) is 0 Å². The van der Waals surface area contributed by atoms with Crippen molar-refractivity contribution in [3.05, 3.63) is 95.6 Å². The second-order valence-corrected chi connectivity index (χ2v) is 8.04. The number of amides is 2. The molecule has 0 saturated carbocycles. The SMILES string of the molecule is COc1cccc(C(=O)N2CCC(NC(=O)c3ccccc3OCc3ccccc3)CC2)c1. The van der Waals surface area contributed by atoms with Crippen LogP contribution in [0.25, 0.3) is 0 Å². The predicted octanol–water partition coefficient (Wildman–Crippen LogP) is 4.31. The zero-order valence-corrected chi connectivity index (χ0v) is 18.7. The van der Waals surface area contributed by atoms with Crippen LogP contribution in [0.4, 0.5) is 0 Å². The molecule has 6 nitrogen and oxygen atoms in total. The number of carbonyl (C=O) groups excluding carboxylic acids is 2. The van der Waals surface area contributed by atoms with Crippen LogP contribution in [0.1, 0.15) is 39.1 Å². The Bertz CT molecular complexity index is 1090. The number of rotatable bonds is 7. The standard InChI is InChI=1S/C27H28N2O4/c1-32-23-11-7-10-21(18-23)27(31)29-16-14-22(15-17-29)28-26(30)24-12-5-6-13-25(24)33-19-20-8-3-2-4-9-20/h2-13,18,22H,14-17,19H2,1H3,(H,28,30). The van der Waals surface area contributed by atoms with E-state index in [4.69, 9.17) is 9.47 Å². The minimum Gasteiger partial charge on any atom is -0.497 e. The molecule has 3 aromatic rings. The maximum Gasteiger partial charge on any atom is 0.255 e. The molecule has 0 bridgehead atoms. The molecule has 1 N–H and O–H groups in total. The van der Waals surface area contributed by atoms with Crippen molar-refractivity contribution in [1.82, 2.24) is 10.2 Å². The smallest absolute Gasteiger partial charge is 0.255 e. The van der Waals surface area contributed by atoms with Gasteiger partial charge in [-0.2, -0.15) is 0 Å². The summed E-state index contributed by atoms with van der Waals surface area (Å²) in [5.41, 5.74) is 2.17. The lowest BCUT2D eigenvalue weighted by Crippen LogP contribution is -2.46. The van der Waals surface area contributed by atoms with Crippen molar-refractivity contribution in [2.24, 2.45) is 0 Å². The van der Waals surface area contributed by atoms with E-state index in [1.165, 1.54) is 0 Å². The summed E-state index contributed by atoms with van der Waals surface area (Å²) in [5.74, 6) is 1.05. The second kappa shape index (κ2) is 10.7. The van der Waals surface area contributed by atoms with Crippen molar-refractivity contribution < 1.29 is 19.1 Å². The van der Waals surface area contributed by atoms with E-state index in [-0.39, 0.29) is 17.9 Å². The molecule has 0 unspecified atom stereocenters. The quantitative estimate of drug-likeness (QED) is 0.590. The summed E-state index contributed by atoms with van der Waals surface area (Å²) in [6.07, 6.45) is 1.41. The summed E-state index contributed by atoms with van der Waals surface area (Å²) in [7, 11) is 1.59. The number of hydrogen-bond acceptors (Lipinski definition) is 4. The van der Waals surface area contributed by atoms with Crippen molar-refractivity contribution in [2.45, 2.75) is 25.5 Å². The molecule has 0 spiro atoms. The van der Waals surface area contributed by atoms with Gasteiger partial charge in [0, 0.05) is 24.7 Å². The lowest BCUT2D eigenvalue weighted by Gasteiger charge is -2.32. The number of para-hydroxylation sites is 1. The van der Waals surface area contributed by atoms with Crippen molar-refractivity contribution in [1.29, 1.82) is 0 Å². The van der Waals surface area contributed by atoms with Crippen LogP contribution in [-0.4, -0.2) is 43.0 Å². The monoisotopic (exact) mass is 444 g/mol. The molecular weight excluding hydrogens is 416 g/mol. The lowest BCUT2D eigenvalue weighted by atomic mass is 10.0. The van der Waals surface area contributed by atoms with E-state index in [0.29, 0.717) is 55.2 Å². The molecular formula is C27H28N2O4. The van der Waals surface area contributed by atoms with Gasteiger partial charge in [0.1, 0.15) is 18.1 Å². The van der Waals surface area contributed by atoms with Crippen LogP contribution in [0.3, 0.4) is 0 Å². The van der Waals surface area contributed by atoms with Crippen molar-refractivity contribution >= 4 is 11.8 Å². The van der Waals surface area contributed by atoms with Gasteiger partial charge in [0.05, 0.1) is 12.7 Å². The minimum atomic E-state index is -0.156. The van der Waals surface area contributed by atoms with Crippen LogP contribution in [0.2, 0.25) is 0 Å². The molecule has 3 aromatic carbocycles. The first kappa shape index (κ1) is 22.4. The highest BCUT2D eigenvalue weighted by Gasteiger charge is 2.25. The Balaban J connectivity index is 1.32. The van der Waals surface area contributed by atoms with Crippen LogP contribution >= 0.6 is 0 Å². The highest BCUT2D eigenvalue weighted by molar-refractivity contribution is 5.97. The van der Waals surface area contributed by atoms with Gasteiger partial charge in [-0.25, -0.2) is 0 Å². The van der Waals surface area contributed by atoms with Gasteiger partial charge in [-0.1, -0.05) is 48.5 Å². The number of likely N-dealkylation sites (tertiary alicyclic amines) is 1. The first-order valence-corrected chi connectivity index (χ1v) is 11.1. The highest BCUT2D eigenvalue weighted by atomic mass is 16.5. The fraction of sp³-hybridized carbons (Fsp3) is 0.259. The fourth-order valence-corrected chi connectivity index (χ4v) is 3.94. The van der Waals surface area contributed by atoms with E-state index in [1.54, 1.807) is 25.3 Å². The van der Waals surface area contributed by atoms with Gasteiger partial charge >= 0.3 is 0 Å². The maximum absolute atomic E-state index is 13.0. The molecule has 0 radical (unpaired) electrons. The third-order valence-electron chi connectivity index (χ3n) is 5.80. The molecule has 6 heteroatoms. The molecule has 4 rings (SSSR count). The third-order valence-corrected chi connectivity index (χ3v) is 5.80. The Morgan fingerprint density at radius 2 is 1.67 bits per heavy atom. The number of carbonyl (C=O) groups is 2. The van der Waals surface area contributed by atoms with Crippen LogP contribution < -0.4 is 14.8 Å². The van der Waals surface area contributed by atoms with Crippen LogP contribution in [0.5, 0.6) is 11.5 Å². The first-order valence-electron chi connectivity index (χ1n) is 11.1. The van der Waals surface area contributed by atoms with Gasteiger partial charge in [-0.05, 0) is 48.7 Å². The Labute approximate surface area is 194 Å². The molecule has 0 atom stereocenters. The Morgan fingerprint density at radius 3 is 2.42 bits per heavy atom. The number of hydrogen-bond donors (Lipinski definition) is 1. The minimum absolute atomic E-state index is 0.00837. The molecule has 0 aliphatic carbocycles. The summed E-state index contributed by atoms with van der Waals surface area (Å²) in [5, 5.41) is 3.11. The van der Waals surface area contributed by atoms with Gasteiger partial charge in [-0.15, -0.1) is 0 Å². The molecule has 33 heavy (non-hydrogen) atoms. The fourth-order valence-electron chi connectivity index (χ4n) is 3.94. The molecule has 170 valence electrons. The zero-order valence-electron chi connectivity index (χ0n) is 18.7. The van der Waals surface area contributed by atoms with E-state index >= 15 is 0 Å². The van der Waals surface area contributed by atoms with E-state index in [0.717, 1.165) is 5.56 Å². The number of ether oxygens (including phenoxy) is 2. The number of methoxy groups -OCH3 is 1. The summed E-state index contributed by atoms with van der Waals surface area (Å²) in [6, 6.07) is 24.3. The normalized spacial score (nSPS) is 13.9. The van der Waals surface area contributed by atoms with Gasteiger partial charge in [0.25, 0.3) is 11.8 Å². The van der Waals surface area contributed by atoms with Crippen LogP contribution in [-0.2, 0) is 6.61 Å². The molecule has 0 aromatic heterocycles. The topological polar surface area (TPSA) is 67.9 Å². The summed E-state index contributed by atoms with van der Waals surface area (Å²) in [6.45, 7) is 1.58. The highest BCUT2D eigenvalue weighted by Crippen LogP contribution is 2.21. The second-order valence-electron chi connectivity index (χ2n) is 8.04. The molecule has 1 aliphatic heterocycles. The molecule has 1 heterocycles. The van der Waals surface area contributed by atoms with E-state index in [2.05, 4.69) is 5.32 Å².